The van der Waals surface area contributed by atoms with Crippen LogP contribution < -0.4 is 5.32 Å². The van der Waals surface area contributed by atoms with Gasteiger partial charge in [-0.05, 0) is 36.7 Å². The van der Waals surface area contributed by atoms with Gasteiger partial charge in [-0.15, -0.1) is 0 Å². The maximum atomic E-state index is 11.5. The molecule has 1 aromatic rings. The molecule has 0 fully saturated rings. The molecule has 1 heterocycles. The highest BCUT2D eigenvalue weighted by atomic mass is 79.9. The summed E-state index contributed by atoms with van der Waals surface area (Å²) in [4.78, 5) is 14.3. The van der Waals surface area contributed by atoms with Gasteiger partial charge in [0.2, 0.25) is 0 Å². The van der Waals surface area contributed by atoms with E-state index in [1.54, 1.807) is 33.2 Å². The number of H-pyrrole nitrogens is 1. The van der Waals surface area contributed by atoms with E-state index in [1.165, 1.54) is 0 Å². The molecule has 0 saturated carbocycles. The van der Waals surface area contributed by atoms with Gasteiger partial charge in [0.15, 0.2) is 0 Å². The van der Waals surface area contributed by atoms with Crippen molar-refractivity contribution in [3.05, 3.63) is 21.4 Å². The van der Waals surface area contributed by atoms with Crippen LogP contribution in [0.2, 0.25) is 0 Å². The summed E-state index contributed by atoms with van der Waals surface area (Å²) in [7, 11) is 0. The fourth-order valence-electron chi connectivity index (χ4n) is 0.964. The molecular weight excluding hydrogens is 292 g/mol. The summed E-state index contributed by atoms with van der Waals surface area (Å²) in [5, 5.41) is 2.58. The normalized spacial score (nSPS) is 11.0. The number of amides is 1. The van der Waals surface area contributed by atoms with E-state index in [0.29, 0.717) is 10.2 Å². The molecule has 0 saturated heterocycles. The summed E-state index contributed by atoms with van der Waals surface area (Å²) < 4.78 is 6.36. The Morgan fingerprint density at radius 3 is 2.69 bits per heavy atom. The van der Waals surface area contributed by atoms with Crippen LogP contribution in [0.4, 0.5) is 10.5 Å². The zero-order valence-corrected chi connectivity index (χ0v) is 11.7. The summed E-state index contributed by atoms with van der Waals surface area (Å²) in [6, 6.07) is 0. The average molecular weight is 305 g/mol. The minimum absolute atomic E-state index is 0.513. The maximum Gasteiger partial charge on any atom is 0.412 e. The lowest BCUT2D eigenvalue weighted by molar-refractivity contribution is 0.0636. The van der Waals surface area contributed by atoms with Crippen molar-refractivity contribution in [2.75, 3.05) is 5.32 Å². The van der Waals surface area contributed by atoms with Gasteiger partial charge in [0.25, 0.3) is 0 Å². The minimum atomic E-state index is -0.526. The Hall–Kier alpha value is -0.880. The third-order valence-corrected chi connectivity index (χ3v) is 2.86. The summed E-state index contributed by atoms with van der Waals surface area (Å²) >= 11 is 8.39. The second kappa shape index (κ2) is 4.97. The molecule has 0 radical (unpaired) electrons. The smallest absolute Gasteiger partial charge is 0.412 e. The Morgan fingerprint density at radius 1 is 1.50 bits per heavy atom. The molecule has 0 aromatic carbocycles. The van der Waals surface area contributed by atoms with Crippen molar-refractivity contribution in [3.8, 4) is 0 Å². The van der Waals surface area contributed by atoms with Gasteiger partial charge in [-0.1, -0.05) is 12.2 Å². The van der Waals surface area contributed by atoms with Crippen LogP contribution in [0.1, 0.15) is 20.8 Å². The van der Waals surface area contributed by atoms with Crippen molar-refractivity contribution in [2.45, 2.75) is 26.4 Å². The SMILES string of the molecule is CC(C)(C)OC(=O)Nc1c[nH]cc(Br)c1=S. The van der Waals surface area contributed by atoms with Crippen molar-refractivity contribution in [1.82, 2.24) is 4.98 Å². The number of carbonyl (C=O) groups is 1. The predicted octanol–water partition coefficient (Wildman–Crippen LogP) is 3.85. The van der Waals surface area contributed by atoms with Gasteiger partial charge >= 0.3 is 6.09 Å². The number of halogens is 1. The van der Waals surface area contributed by atoms with Gasteiger partial charge < -0.3 is 9.72 Å². The van der Waals surface area contributed by atoms with E-state index >= 15 is 0 Å². The molecule has 1 aromatic heterocycles. The lowest BCUT2D eigenvalue weighted by Crippen LogP contribution is -2.27. The molecule has 16 heavy (non-hydrogen) atoms. The van der Waals surface area contributed by atoms with E-state index in [-0.39, 0.29) is 0 Å². The monoisotopic (exact) mass is 304 g/mol. The topological polar surface area (TPSA) is 54.1 Å². The van der Waals surface area contributed by atoms with Crippen LogP contribution in [0.5, 0.6) is 0 Å². The molecule has 0 bridgehead atoms. The number of hydrogen-bond donors (Lipinski definition) is 2. The fourth-order valence-corrected chi connectivity index (χ4v) is 1.48. The summed E-state index contributed by atoms with van der Waals surface area (Å²) in [6.07, 6.45) is 2.78. The van der Waals surface area contributed by atoms with Gasteiger partial charge in [-0.2, -0.15) is 0 Å². The Labute approximate surface area is 108 Å². The number of aromatic nitrogens is 1. The van der Waals surface area contributed by atoms with Crippen molar-refractivity contribution < 1.29 is 9.53 Å². The minimum Gasteiger partial charge on any atom is -0.444 e. The highest BCUT2D eigenvalue weighted by molar-refractivity contribution is 9.10. The van der Waals surface area contributed by atoms with Crippen LogP contribution in [-0.4, -0.2) is 16.7 Å². The Morgan fingerprint density at radius 2 is 2.12 bits per heavy atom. The number of hydrogen-bond acceptors (Lipinski definition) is 3. The molecule has 0 unspecified atom stereocenters. The molecule has 0 spiro atoms. The van der Waals surface area contributed by atoms with Crippen molar-refractivity contribution in [2.24, 2.45) is 0 Å². The molecule has 0 aliphatic heterocycles. The Kier molecular flexibility index (Phi) is 4.09. The summed E-state index contributed by atoms with van der Waals surface area (Å²) in [6.45, 7) is 5.40. The van der Waals surface area contributed by atoms with Gasteiger partial charge in [0.1, 0.15) is 5.60 Å². The fraction of sp³-hybridized carbons (Fsp3) is 0.400. The number of rotatable bonds is 1. The maximum absolute atomic E-state index is 11.5. The zero-order valence-electron chi connectivity index (χ0n) is 9.26. The highest BCUT2D eigenvalue weighted by Crippen LogP contribution is 2.18. The summed E-state index contributed by atoms with van der Waals surface area (Å²) in [5.41, 5.74) is -0.0137. The molecule has 4 nitrogen and oxygen atoms in total. The van der Waals surface area contributed by atoms with Crippen LogP contribution in [0, 0.1) is 4.51 Å². The van der Waals surface area contributed by atoms with Crippen molar-refractivity contribution in [1.29, 1.82) is 0 Å². The quantitative estimate of drug-likeness (QED) is 0.775. The molecule has 1 amide bonds. The number of aromatic amines is 1. The summed E-state index contributed by atoms with van der Waals surface area (Å²) in [5.74, 6) is 0. The highest BCUT2D eigenvalue weighted by Gasteiger charge is 2.16. The molecule has 0 aliphatic rings. The number of anilines is 1. The number of nitrogens with one attached hydrogen (secondary N) is 2. The van der Waals surface area contributed by atoms with Crippen LogP contribution in [-0.2, 0) is 4.74 Å². The molecule has 0 atom stereocenters. The molecule has 1 rings (SSSR count). The van der Waals surface area contributed by atoms with Gasteiger partial charge in [-0.3, -0.25) is 5.32 Å². The second-order valence-electron chi connectivity index (χ2n) is 4.17. The lowest BCUT2D eigenvalue weighted by atomic mass is 10.2. The van der Waals surface area contributed by atoms with Gasteiger partial charge in [0, 0.05) is 12.4 Å². The van der Waals surface area contributed by atoms with Gasteiger partial charge in [-0.25, -0.2) is 4.79 Å². The number of carbonyl (C=O) groups excluding carboxylic acids is 1. The van der Waals surface area contributed by atoms with Crippen LogP contribution in [0.15, 0.2) is 16.9 Å². The van der Waals surface area contributed by atoms with E-state index in [9.17, 15) is 4.79 Å². The second-order valence-corrected chi connectivity index (χ2v) is 5.44. The zero-order chi connectivity index (χ0) is 12.3. The number of ether oxygens (including phenoxy) is 1. The van der Waals surface area contributed by atoms with E-state index in [2.05, 4.69) is 26.2 Å². The third kappa shape index (κ3) is 3.94. The predicted molar refractivity (Wildman–Crippen MR) is 69.2 cm³/mol. The lowest BCUT2D eigenvalue weighted by Gasteiger charge is -2.19. The van der Waals surface area contributed by atoms with Gasteiger partial charge in [0.05, 0.1) is 14.7 Å². The molecule has 88 valence electrons. The van der Waals surface area contributed by atoms with Crippen molar-refractivity contribution in [3.63, 3.8) is 0 Å². The molecule has 0 aliphatic carbocycles. The van der Waals surface area contributed by atoms with Crippen LogP contribution in [0.3, 0.4) is 0 Å². The molecular formula is C10H13BrN2O2S. The number of pyridine rings is 1. The van der Waals surface area contributed by atoms with E-state index in [4.69, 9.17) is 17.0 Å². The van der Waals surface area contributed by atoms with Crippen LogP contribution >= 0.6 is 28.1 Å². The van der Waals surface area contributed by atoms with E-state index in [0.717, 1.165) is 4.47 Å². The first-order chi connectivity index (χ1) is 7.29. The first-order valence-corrected chi connectivity index (χ1v) is 5.86. The van der Waals surface area contributed by atoms with Crippen molar-refractivity contribution >= 4 is 39.9 Å². The first-order valence-electron chi connectivity index (χ1n) is 4.66. The third-order valence-electron chi connectivity index (χ3n) is 1.53. The Balaban J connectivity index is 2.78. The van der Waals surface area contributed by atoms with Crippen LogP contribution in [0.25, 0.3) is 0 Å². The Bertz CT molecular complexity index is 451. The standard InChI is InChI=1S/C10H13BrN2O2S/c1-10(2,3)15-9(14)13-7-5-12-4-6(11)8(7)16/h4-5H,1-3H3,(H,12,16)(H,13,14). The largest absolute Gasteiger partial charge is 0.444 e. The average Bonchev–Trinajstić information content (AvgIpc) is 2.09. The first kappa shape index (κ1) is 13.2. The van der Waals surface area contributed by atoms with E-state index < -0.39 is 11.7 Å². The molecule has 2 N–H and O–H groups in total. The molecule has 6 heteroatoms. The van der Waals surface area contributed by atoms with E-state index in [1.807, 2.05) is 0 Å².